The Morgan fingerprint density at radius 1 is 0.650 bits per heavy atom. The molecule has 2 unspecified atom stereocenters. The Bertz CT molecular complexity index is 176. The van der Waals surface area contributed by atoms with Crippen LogP contribution in [-0.4, -0.2) is 44.7 Å². The van der Waals surface area contributed by atoms with Gasteiger partial charge in [0.15, 0.2) is 0 Å². The zero-order valence-electron chi connectivity index (χ0n) is 12.6. The van der Waals surface area contributed by atoms with E-state index in [1.165, 1.54) is 0 Å². The lowest BCUT2D eigenvalue weighted by atomic mass is 10.2. The molecule has 0 saturated carbocycles. The normalized spacial score (nSPS) is 15.6. The summed E-state index contributed by atoms with van der Waals surface area (Å²) in [7, 11) is -0.682. The fourth-order valence-corrected chi connectivity index (χ4v) is 7.16. The minimum absolute atomic E-state index is 0.341. The van der Waals surface area contributed by atoms with Gasteiger partial charge < -0.3 is 0 Å². The summed E-state index contributed by atoms with van der Waals surface area (Å²) in [4.78, 5) is 0. The second-order valence-electron chi connectivity index (χ2n) is 5.56. The van der Waals surface area contributed by atoms with Gasteiger partial charge in [-0.25, -0.2) is 8.78 Å². The van der Waals surface area contributed by atoms with Gasteiger partial charge in [0.2, 0.25) is 0 Å². The fraction of sp³-hybridized carbons (Fsp3) is 1.00. The van der Waals surface area contributed by atoms with Crippen molar-refractivity contribution < 1.29 is 17.6 Å². The van der Waals surface area contributed by atoms with Crippen LogP contribution >= 0.6 is 0 Å². The summed E-state index contributed by atoms with van der Waals surface area (Å²) in [6, 6.07) is 3.67. The van der Waals surface area contributed by atoms with Crippen molar-refractivity contribution in [1.82, 2.24) is 0 Å². The SMILES string of the molecule is FCCCCC(F)C[SiH2]CC[SiH2]CC(F)CCCCF. The summed E-state index contributed by atoms with van der Waals surface area (Å²) in [6.07, 6.45) is 1.83. The Morgan fingerprint density at radius 3 is 1.40 bits per heavy atom. The molecule has 0 rings (SSSR count). The van der Waals surface area contributed by atoms with Crippen molar-refractivity contribution in [1.29, 1.82) is 0 Å². The highest BCUT2D eigenvalue weighted by Gasteiger charge is 2.08. The standard InChI is InChI=1S/C14H30F4Si2/c15-7-3-1-5-13(17)11-19-9-10-20-12-14(18)6-2-4-8-16/h13-14H,1-12,19-20H2. The monoisotopic (exact) mass is 330 g/mol. The van der Waals surface area contributed by atoms with Gasteiger partial charge in [-0.3, -0.25) is 8.78 Å². The third-order valence-electron chi connectivity index (χ3n) is 3.59. The van der Waals surface area contributed by atoms with Crippen LogP contribution in [0.5, 0.6) is 0 Å². The van der Waals surface area contributed by atoms with Crippen molar-refractivity contribution in [3.63, 3.8) is 0 Å². The molecule has 0 aliphatic rings. The Hall–Kier alpha value is 0.154. The van der Waals surface area contributed by atoms with E-state index in [2.05, 4.69) is 0 Å². The molecule has 6 heteroatoms. The summed E-state index contributed by atoms with van der Waals surface area (Å²) >= 11 is 0. The van der Waals surface area contributed by atoms with Crippen LogP contribution < -0.4 is 0 Å². The van der Waals surface area contributed by atoms with Crippen LogP contribution in [0.4, 0.5) is 17.6 Å². The molecule has 0 bridgehead atoms. The van der Waals surface area contributed by atoms with Crippen LogP contribution in [0.3, 0.4) is 0 Å². The van der Waals surface area contributed by atoms with Crippen molar-refractivity contribution in [2.24, 2.45) is 0 Å². The first kappa shape index (κ1) is 20.2. The molecule has 0 spiro atoms. The molecule has 0 aromatic rings. The van der Waals surface area contributed by atoms with Crippen LogP contribution in [-0.2, 0) is 0 Å². The van der Waals surface area contributed by atoms with Crippen molar-refractivity contribution >= 4 is 19.0 Å². The van der Waals surface area contributed by atoms with E-state index in [4.69, 9.17) is 0 Å². The lowest BCUT2D eigenvalue weighted by Gasteiger charge is -2.08. The first-order chi connectivity index (χ1) is 9.70. The van der Waals surface area contributed by atoms with E-state index in [0.29, 0.717) is 50.6 Å². The highest BCUT2D eigenvalue weighted by Crippen LogP contribution is 2.12. The highest BCUT2D eigenvalue weighted by molar-refractivity contribution is 6.42. The number of alkyl halides is 4. The molecule has 0 N–H and O–H groups in total. The van der Waals surface area contributed by atoms with E-state index >= 15 is 0 Å². The minimum atomic E-state index is -0.732. The summed E-state index contributed by atoms with van der Waals surface area (Å²) < 4.78 is 50.4. The number of rotatable bonds is 15. The average Bonchev–Trinajstić information content (AvgIpc) is 2.43. The molecule has 0 fully saturated rings. The quantitative estimate of drug-likeness (QED) is 0.242. The van der Waals surface area contributed by atoms with Gasteiger partial charge >= 0.3 is 0 Å². The van der Waals surface area contributed by atoms with E-state index in [0.717, 1.165) is 12.1 Å². The molecule has 0 aromatic carbocycles. The van der Waals surface area contributed by atoms with E-state index in [1.54, 1.807) is 0 Å². The second kappa shape index (κ2) is 15.5. The molecule has 0 radical (unpaired) electrons. The topological polar surface area (TPSA) is 0 Å². The van der Waals surface area contributed by atoms with Crippen LogP contribution in [0.2, 0.25) is 24.2 Å². The predicted octanol–water partition coefficient (Wildman–Crippen LogP) is 3.95. The van der Waals surface area contributed by atoms with Gasteiger partial charge in [0, 0.05) is 19.0 Å². The zero-order chi connectivity index (χ0) is 15.1. The molecule has 0 aliphatic heterocycles. The maximum Gasteiger partial charge on any atom is 0.0973 e. The smallest absolute Gasteiger partial charge is 0.0973 e. The lowest BCUT2D eigenvalue weighted by Crippen LogP contribution is -2.07. The van der Waals surface area contributed by atoms with Gasteiger partial charge in [-0.15, -0.1) is 0 Å². The molecule has 20 heavy (non-hydrogen) atoms. The molecule has 0 saturated heterocycles. The van der Waals surface area contributed by atoms with Crippen LogP contribution in [0.25, 0.3) is 0 Å². The van der Waals surface area contributed by atoms with Crippen molar-refractivity contribution in [2.45, 2.75) is 75.0 Å². The molecule has 122 valence electrons. The molecular formula is C14H30F4Si2. The number of unbranched alkanes of at least 4 members (excludes halogenated alkanes) is 2. The van der Waals surface area contributed by atoms with Crippen LogP contribution in [0.15, 0.2) is 0 Å². The van der Waals surface area contributed by atoms with E-state index in [1.807, 2.05) is 0 Å². The Kier molecular flexibility index (Phi) is 15.7. The van der Waals surface area contributed by atoms with Gasteiger partial charge in [0.1, 0.15) is 0 Å². The second-order valence-corrected chi connectivity index (χ2v) is 9.54. The van der Waals surface area contributed by atoms with E-state index in [-0.39, 0.29) is 32.4 Å². The molecule has 0 heterocycles. The average molecular weight is 331 g/mol. The fourth-order valence-electron chi connectivity index (χ4n) is 2.29. The summed E-state index contributed by atoms with van der Waals surface area (Å²) in [5.41, 5.74) is 0. The molecule has 0 aliphatic carbocycles. The van der Waals surface area contributed by atoms with Gasteiger partial charge in [-0.2, -0.15) is 0 Å². The van der Waals surface area contributed by atoms with E-state index in [9.17, 15) is 17.6 Å². The molecule has 0 aromatic heterocycles. The Balaban J connectivity index is 3.22. The molecule has 2 atom stereocenters. The molecular weight excluding hydrogens is 300 g/mol. The first-order valence-corrected chi connectivity index (χ1v) is 12.1. The third-order valence-corrected chi connectivity index (χ3v) is 8.66. The maximum absolute atomic E-state index is 13.4. The van der Waals surface area contributed by atoms with Crippen LogP contribution in [0, 0.1) is 0 Å². The van der Waals surface area contributed by atoms with Crippen molar-refractivity contribution in [3.05, 3.63) is 0 Å². The van der Waals surface area contributed by atoms with Gasteiger partial charge in [-0.05, 0) is 50.6 Å². The number of hydrogen-bond donors (Lipinski definition) is 0. The highest BCUT2D eigenvalue weighted by atomic mass is 28.2. The minimum Gasteiger partial charge on any atom is -0.251 e. The van der Waals surface area contributed by atoms with Crippen molar-refractivity contribution in [3.8, 4) is 0 Å². The van der Waals surface area contributed by atoms with Gasteiger partial charge in [0.05, 0.1) is 25.7 Å². The zero-order valence-corrected chi connectivity index (χ0v) is 15.4. The maximum atomic E-state index is 13.4. The lowest BCUT2D eigenvalue weighted by molar-refractivity contribution is 0.322. The van der Waals surface area contributed by atoms with Gasteiger partial charge in [0.25, 0.3) is 0 Å². The third kappa shape index (κ3) is 14.6. The molecule has 0 nitrogen and oxygen atoms in total. The van der Waals surface area contributed by atoms with Crippen molar-refractivity contribution in [2.75, 3.05) is 13.3 Å². The Morgan fingerprint density at radius 2 is 1.05 bits per heavy atom. The molecule has 0 amide bonds. The van der Waals surface area contributed by atoms with Gasteiger partial charge in [-0.1, -0.05) is 12.1 Å². The first-order valence-electron chi connectivity index (χ1n) is 8.10. The number of hydrogen-bond acceptors (Lipinski definition) is 0. The largest absolute Gasteiger partial charge is 0.251 e. The summed E-state index contributed by atoms with van der Waals surface area (Å²) in [5.74, 6) is 0. The summed E-state index contributed by atoms with van der Waals surface area (Å²) in [5, 5.41) is 0. The van der Waals surface area contributed by atoms with Crippen LogP contribution in [0.1, 0.15) is 38.5 Å². The van der Waals surface area contributed by atoms with E-state index < -0.39 is 12.3 Å². The number of halogens is 4. The Labute approximate surface area is 125 Å². The summed E-state index contributed by atoms with van der Waals surface area (Å²) in [6.45, 7) is -0.684. The predicted molar refractivity (Wildman–Crippen MR) is 85.8 cm³/mol.